The first-order valence-electron chi connectivity index (χ1n) is 11.8. The van der Waals surface area contributed by atoms with Crippen LogP contribution in [-0.2, 0) is 37.2 Å². The van der Waals surface area contributed by atoms with Crippen molar-refractivity contribution in [3.63, 3.8) is 0 Å². The highest BCUT2D eigenvalue weighted by molar-refractivity contribution is 7.92. The summed E-state index contributed by atoms with van der Waals surface area (Å²) < 4.78 is 30.1. The summed E-state index contributed by atoms with van der Waals surface area (Å²) in [5.74, 6) is -0.792. The van der Waals surface area contributed by atoms with Gasteiger partial charge in [0.2, 0.25) is 0 Å². The van der Waals surface area contributed by atoms with Gasteiger partial charge in [-0.05, 0) is 61.8 Å². The highest BCUT2D eigenvalue weighted by Crippen LogP contribution is 2.24. The lowest BCUT2D eigenvalue weighted by Crippen LogP contribution is -2.51. The van der Waals surface area contributed by atoms with Gasteiger partial charge < -0.3 is 14.4 Å². The van der Waals surface area contributed by atoms with Crippen LogP contribution in [0, 0.1) is 0 Å². The number of hydroxylamine groups is 1. The second-order valence-electron chi connectivity index (χ2n) is 9.07. The number of ether oxygens (including phenoxy) is 1. The SMILES string of the molecule is CC(CCn1ccc(-c2ccc(CCCO)cc2)cc1=O)(C(=O)NOC1CCCCO1)S(C)(=O)=O. The standard InChI is InChI=1S/C25H34N2O7S/c1-25(35(2,31)32,24(30)26-34-23-7-3-4-17-33-23)13-15-27-14-12-21(18-22(27)29)20-10-8-19(9-11-20)6-5-16-28/h8-12,14,18,23,28H,3-7,13,15-17H2,1-2H3,(H,26,30). The van der Waals surface area contributed by atoms with Gasteiger partial charge in [0.25, 0.3) is 11.5 Å². The molecule has 0 bridgehead atoms. The fourth-order valence-electron chi connectivity index (χ4n) is 3.85. The van der Waals surface area contributed by atoms with Crippen molar-refractivity contribution in [1.82, 2.24) is 10.0 Å². The Morgan fingerprint density at radius 3 is 2.57 bits per heavy atom. The molecule has 3 rings (SSSR count). The molecule has 2 heterocycles. The monoisotopic (exact) mass is 506 g/mol. The predicted molar refractivity (Wildman–Crippen MR) is 132 cm³/mol. The number of aliphatic hydroxyl groups excluding tert-OH is 1. The number of nitrogens with zero attached hydrogens (tertiary/aromatic N) is 1. The molecule has 1 saturated heterocycles. The van der Waals surface area contributed by atoms with Crippen LogP contribution in [-0.4, -0.2) is 54.5 Å². The third-order valence-electron chi connectivity index (χ3n) is 6.46. The van der Waals surface area contributed by atoms with Crippen molar-refractivity contribution < 1.29 is 27.9 Å². The van der Waals surface area contributed by atoms with Crippen molar-refractivity contribution in [2.75, 3.05) is 19.5 Å². The van der Waals surface area contributed by atoms with Crippen LogP contribution >= 0.6 is 0 Å². The molecule has 1 aromatic carbocycles. The number of aryl methyl sites for hydroxylation is 2. The lowest BCUT2D eigenvalue weighted by molar-refractivity contribution is -0.201. The molecule has 0 aliphatic carbocycles. The summed E-state index contributed by atoms with van der Waals surface area (Å²) >= 11 is 0. The molecule has 35 heavy (non-hydrogen) atoms. The van der Waals surface area contributed by atoms with Gasteiger partial charge in [0.05, 0.1) is 0 Å². The van der Waals surface area contributed by atoms with Crippen LogP contribution in [0.5, 0.6) is 0 Å². The van der Waals surface area contributed by atoms with E-state index in [-0.39, 0.29) is 25.1 Å². The van der Waals surface area contributed by atoms with E-state index in [0.29, 0.717) is 19.4 Å². The van der Waals surface area contributed by atoms with Crippen molar-refractivity contribution in [3.8, 4) is 11.1 Å². The van der Waals surface area contributed by atoms with Crippen LogP contribution in [0.2, 0.25) is 0 Å². The molecular weight excluding hydrogens is 472 g/mol. The number of hydrogen-bond donors (Lipinski definition) is 2. The van der Waals surface area contributed by atoms with E-state index in [1.807, 2.05) is 24.3 Å². The number of nitrogens with one attached hydrogen (secondary N) is 1. The molecule has 2 N–H and O–H groups in total. The van der Waals surface area contributed by atoms with Gasteiger partial charge >= 0.3 is 0 Å². The van der Waals surface area contributed by atoms with Crippen molar-refractivity contribution in [1.29, 1.82) is 0 Å². The maximum absolute atomic E-state index is 12.8. The van der Waals surface area contributed by atoms with Gasteiger partial charge in [-0.3, -0.25) is 9.59 Å². The quantitative estimate of drug-likeness (QED) is 0.448. The first kappa shape index (κ1) is 27.1. The van der Waals surface area contributed by atoms with E-state index in [0.717, 1.165) is 42.2 Å². The number of aliphatic hydroxyl groups is 1. The van der Waals surface area contributed by atoms with Crippen molar-refractivity contribution in [2.45, 2.75) is 63.0 Å². The molecule has 1 fully saturated rings. The Morgan fingerprint density at radius 2 is 1.97 bits per heavy atom. The van der Waals surface area contributed by atoms with Gasteiger partial charge in [0, 0.05) is 44.7 Å². The maximum atomic E-state index is 12.8. The Kier molecular flexibility index (Phi) is 9.23. The van der Waals surface area contributed by atoms with Gasteiger partial charge in [-0.1, -0.05) is 24.3 Å². The summed E-state index contributed by atoms with van der Waals surface area (Å²) in [5.41, 5.74) is 4.68. The van der Waals surface area contributed by atoms with E-state index >= 15 is 0 Å². The summed E-state index contributed by atoms with van der Waals surface area (Å²) in [6, 6.07) is 11.1. The number of carbonyl (C=O) groups excluding carboxylic acids is 1. The average molecular weight is 507 g/mol. The smallest absolute Gasteiger partial charge is 0.264 e. The zero-order valence-corrected chi connectivity index (χ0v) is 21.1. The van der Waals surface area contributed by atoms with Crippen molar-refractivity contribution in [3.05, 3.63) is 58.5 Å². The molecule has 2 atom stereocenters. The van der Waals surface area contributed by atoms with E-state index in [4.69, 9.17) is 14.7 Å². The first-order valence-corrected chi connectivity index (χ1v) is 13.7. The molecule has 0 spiro atoms. The lowest BCUT2D eigenvalue weighted by atomic mass is 10.0. The van der Waals surface area contributed by atoms with Crippen LogP contribution in [0.1, 0.15) is 44.6 Å². The van der Waals surface area contributed by atoms with Crippen LogP contribution < -0.4 is 11.0 Å². The normalized spacial score (nSPS) is 18.1. The van der Waals surface area contributed by atoms with E-state index in [1.165, 1.54) is 17.6 Å². The summed E-state index contributed by atoms with van der Waals surface area (Å²) in [7, 11) is -3.83. The number of rotatable bonds is 11. The van der Waals surface area contributed by atoms with Gasteiger partial charge in [-0.2, -0.15) is 0 Å². The molecule has 1 amide bonds. The molecule has 1 aromatic heterocycles. The number of aromatic nitrogens is 1. The molecule has 9 nitrogen and oxygen atoms in total. The van der Waals surface area contributed by atoms with E-state index < -0.39 is 26.8 Å². The topological polar surface area (TPSA) is 124 Å². The Balaban J connectivity index is 1.68. The van der Waals surface area contributed by atoms with Crippen LogP contribution in [0.15, 0.2) is 47.4 Å². The number of hydrogen-bond acceptors (Lipinski definition) is 7. The summed E-state index contributed by atoms with van der Waals surface area (Å²) in [4.78, 5) is 30.8. The second-order valence-corrected chi connectivity index (χ2v) is 11.5. The molecule has 0 saturated carbocycles. The van der Waals surface area contributed by atoms with Crippen LogP contribution in [0.25, 0.3) is 11.1 Å². The van der Waals surface area contributed by atoms with Gasteiger partial charge in [0.1, 0.15) is 0 Å². The van der Waals surface area contributed by atoms with Gasteiger partial charge in [-0.15, -0.1) is 0 Å². The fraction of sp³-hybridized carbons (Fsp3) is 0.520. The third kappa shape index (κ3) is 7.00. The number of carbonyl (C=O) groups is 1. The number of pyridine rings is 1. The van der Waals surface area contributed by atoms with Crippen molar-refractivity contribution in [2.24, 2.45) is 0 Å². The summed E-state index contributed by atoms with van der Waals surface area (Å²) in [6.45, 7) is 2.04. The minimum absolute atomic E-state index is 0.0378. The summed E-state index contributed by atoms with van der Waals surface area (Å²) in [6.07, 6.45) is 5.80. The van der Waals surface area contributed by atoms with Gasteiger partial charge in [0.15, 0.2) is 20.9 Å². The predicted octanol–water partition coefficient (Wildman–Crippen LogP) is 2.21. The molecular formula is C25H34N2O7S. The number of sulfone groups is 1. The molecule has 1 aliphatic rings. The van der Waals surface area contributed by atoms with E-state index in [1.54, 1.807) is 12.3 Å². The first-order chi connectivity index (χ1) is 16.6. The minimum Gasteiger partial charge on any atom is -0.396 e. The van der Waals surface area contributed by atoms with E-state index in [2.05, 4.69) is 5.48 Å². The Labute approximate surface area is 205 Å². The average Bonchev–Trinajstić information content (AvgIpc) is 2.85. The highest BCUT2D eigenvalue weighted by Gasteiger charge is 2.44. The Morgan fingerprint density at radius 1 is 1.23 bits per heavy atom. The maximum Gasteiger partial charge on any atom is 0.264 e. The molecule has 192 valence electrons. The largest absolute Gasteiger partial charge is 0.396 e. The second kappa shape index (κ2) is 11.9. The molecule has 0 radical (unpaired) electrons. The van der Waals surface area contributed by atoms with E-state index in [9.17, 15) is 18.0 Å². The van der Waals surface area contributed by atoms with Crippen LogP contribution in [0.4, 0.5) is 0 Å². The van der Waals surface area contributed by atoms with Crippen LogP contribution in [0.3, 0.4) is 0 Å². The van der Waals surface area contributed by atoms with Gasteiger partial charge in [-0.25, -0.2) is 18.7 Å². The molecule has 10 heteroatoms. The summed E-state index contributed by atoms with van der Waals surface area (Å²) in [5, 5.41) is 8.96. The fourth-order valence-corrected chi connectivity index (χ4v) is 4.69. The lowest BCUT2D eigenvalue weighted by Gasteiger charge is -2.28. The highest BCUT2D eigenvalue weighted by atomic mass is 32.2. The molecule has 2 aromatic rings. The minimum atomic E-state index is -3.83. The zero-order chi connectivity index (χ0) is 25.5. The Bertz CT molecular complexity index is 1160. The molecule has 2 unspecified atom stereocenters. The number of amides is 1. The third-order valence-corrected chi connectivity index (χ3v) is 8.48. The Hall–Kier alpha value is -2.53. The van der Waals surface area contributed by atoms with Crippen molar-refractivity contribution >= 4 is 15.7 Å². The number of benzene rings is 1. The zero-order valence-electron chi connectivity index (χ0n) is 20.2. The molecule has 1 aliphatic heterocycles.